The number of nitrogens with zero attached hydrogens (tertiary/aromatic N) is 1. The van der Waals surface area contributed by atoms with Crippen LogP contribution in [0, 0.1) is 0 Å². The van der Waals surface area contributed by atoms with E-state index in [9.17, 15) is 14.4 Å². The zero-order valence-corrected chi connectivity index (χ0v) is 12.5. The maximum atomic E-state index is 11.8. The Bertz CT molecular complexity index is 689. The number of hydrogen-bond donors (Lipinski definition) is 1. The zero-order chi connectivity index (χ0) is 15.5. The third kappa shape index (κ3) is 3.09. The van der Waals surface area contributed by atoms with Crippen LogP contribution in [0.3, 0.4) is 0 Å². The van der Waals surface area contributed by atoms with Gasteiger partial charge in [0.25, 0.3) is 0 Å². The number of furan rings is 1. The zero-order valence-electron chi connectivity index (χ0n) is 11.7. The van der Waals surface area contributed by atoms with Gasteiger partial charge in [-0.15, -0.1) is 11.3 Å². The fourth-order valence-electron chi connectivity index (χ4n) is 2.21. The van der Waals surface area contributed by atoms with Crippen LogP contribution in [0.1, 0.15) is 18.6 Å². The monoisotopic (exact) mass is 318 g/mol. The van der Waals surface area contributed by atoms with Crippen LogP contribution >= 0.6 is 11.3 Å². The maximum absolute atomic E-state index is 11.8. The van der Waals surface area contributed by atoms with E-state index in [1.807, 2.05) is 23.6 Å². The molecule has 114 valence electrons. The van der Waals surface area contributed by atoms with E-state index >= 15 is 0 Å². The first-order valence-electron chi connectivity index (χ1n) is 6.86. The maximum Gasteiger partial charge on any atom is 0.240 e. The van der Waals surface area contributed by atoms with Gasteiger partial charge in [-0.25, -0.2) is 0 Å². The summed E-state index contributed by atoms with van der Waals surface area (Å²) in [7, 11) is 0. The largest absolute Gasteiger partial charge is 0.458 e. The minimum absolute atomic E-state index is 0.189. The molecule has 2 aromatic heterocycles. The molecule has 3 heterocycles. The number of carbonyl (C=O) groups excluding carboxylic acids is 3. The predicted molar refractivity (Wildman–Crippen MR) is 79.8 cm³/mol. The molecular weight excluding hydrogens is 304 g/mol. The lowest BCUT2D eigenvalue weighted by atomic mass is 10.3. The highest BCUT2D eigenvalue weighted by Gasteiger charge is 2.30. The number of likely N-dealkylation sites (tertiary alicyclic amines) is 1. The smallest absolute Gasteiger partial charge is 0.240 e. The van der Waals surface area contributed by atoms with Gasteiger partial charge in [-0.2, -0.15) is 0 Å². The Morgan fingerprint density at radius 3 is 2.68 bits per heavy atom. The molecule has 0 radical (unpaired) electrons. The van der Waals surface area contributed by atoms with Gasteiger partial charge in [-0.1, -0.05) is 6.07 Å². The molecule has 0 saturated carbocycles. The van der Waals surface area contributed by atoms with Crippen molar-refractivity contribution in [2.24, 2.45) is 0 Å². The Balaban J connectivity index is 1.53. The summed E-state index contributed by atoms with van der Waals surface area (Å²) < 4.78 is 5.64. The van der Waals surface area contributed by atoms with E-state index in [4.69, 9.17) is 4.42 Å². The average molecular weight is 318 g/mol. The number of nitrogens with one attached hydrogen (secondary N) is 1. The number of carbonyl (C=O) groups is 3. The summed E-state index contributed by atoms with van der Waals surface area (Å²) in [5.41, 5.74) is 0. The standard InChI is InChI=1S/C15H14N2O4S/c18-13(9-17-14(19)5-6-15(17)20)16-8-10-3-4-11(21-10)12-2-1-7-22-12/h1-4,7H,5-6,8-9H2,(H,16,18). The lowest BCUT2D eigenvalue weighted by molar-refractivity contribution is -0.142. The van der Waals surface area contributed by atoms with Gasteiger partial charge >= 0.3 is 0 Å². The Morgan fingerprint density at radius 2 is 2.00 bits per heavy atom. The van der Waals surface area contributed by atoms with Crippen molar-refractivity contribution < 1.29 is 18.8 Å². The van der Waals surface area contributed by atoms with Crippen LogP contribution in [0.25, 0.3) is 10.6 Å². The summed E-state index contributed by atoms with van der Waals surface area (Å²) in [6.07, 6.45) is 0.378. The molecule has 0 aromatic carbocycles. The van der Waals surface area contributed by atoms with Crippen molar-refractivity contribution in [3.8, 4) is 10.6 Å². The summed E-state index contributed by atoms with van der Waals surface area (Å²) in [6, 6.07) is 7.53. The molecule has 1 N–H and O–H groups in total. The van der Waals surface area contributed by atoms with E-state index in [1.165, 1.54) is 0 Å². The number of imide groups is 1. The van der Waals surface area contributed by atoms with Gasteiger partial charge in [-0.3, -0.25) is 19.3 Å². The van der Waals surface area contributed by atoms with Crippen molar-refractivity contribution in [3.63, 3.8) is 0 Å². The van der Waals surface area contributed by atoms with Crippen molar-refractivity contribution in [2.45, 2.75) is 19.4 Å². The molecule has 0 spiro atoms. The second kappa shape index (κ2) is 6.15. The van der Waals surface area contributed by atoms with Crippen LogP contribution in [0.2, 0.25) is 0 Å². The van der Waals surface area contributed by atoms with Crippen molar-refractivity contribution >= 4 is 29.1 Å². The highest BCUT2D eigenvalue weighted by Crippen LogP contribution is 2.26. The quantitative estimate of drug-likeness (QED) is 0.852. The minimum atomic E-state index is -0.377. The summed E-state index contributed by atoms with van der Waals surface area (Å²) >= 11 is 1.57. The van der Waals surface area contributed by atoms with E-state index in [2.05, 4.69) is 5.32 Å². The van der Waals surface area contributed by atoms with Crippen molar-refractivity contribution in [2.75, 3.05) is 6.54 Å². The van der Waals surface area contributed by atoms with Crippen LogP contribution in [0.5, 0.6) is 0 Å². The third-order valence-electron chi connectivity index (χ3n) is 3.34. The fourth-order valence-corrected chi connectivity index (χ4v) is 2.90. The van der Waals surface area contributed by atoms with Crippen LogP contribution in [0.4, 0.5) is 0 Å². The Kier molecular flexibility index (Phi) is 4.06. The first kappa shape index (κ1) is 14.5. The van der Waals surface area contributed by atoms with E-state index < -0.39 is 0 Å². The van der Waals surface area contributed by atoms with Crippen molar-refractivity contribution in [1.82, 2.24) is 10.2 Å². The molecule has 3 rings (SSSR count). The van der Waals surface area contributed by atoms with Gasteiger partial charge in [0.2, 0.25) is 17.7 Å². The van der Waals surface area contributed by atoms with Crippen LogP contribution in [0.15, 0.2) is 34.1 Å². The Labute approximate surface area is 130 Å². The fraction of sp³-hybridized carbons (Fsp3) is 0.267. The summed E-state index contributed by atoms with van der Waals surface area (Å²) in [6.45, 7) is -0.00339. The van der Waals surface area contributed by atoms with Gasteiger partial charge in [0.15, 0.2) is 0 Å². The molecule has 0 atom stereocenters. The SMILES string of the molecule is O=C(CN1C(=O)CCC1=O)NCc1ccc(-c2cccs2)o1. The average Bonchev–Trinajstić information content (AvgIpc) is 3.22. The highest BCUT2D eigenvalue weighted by atomic mass is 32.1. The van der Waals surface area contributed by atoms with E-state index in [0.29, 0.717) is 5.76 Å². The second-order valence-electron chi connectivity index (χ2n) is 4.89. The number of hydrogen-bond acceptors (Lipinski definition) is 5. The van der Waals surface area contributed by atoms with E-state index in [0.717, 1.165) is 15.5 Å². The molecule has 0 bridgehead atoms. The molecule has 7 heteroatoms. The normalized spacial score (nSPS) is 14.6. The molecule has 2 aromatic rings. The van der Waals surface area contributed by atoms with Gasteiger partial charge in [-0.05, 0) is 23.6 Å². The van der Waals surface area contributed by atoms with Gasteiger partial charge in [0.05, 0.1) is 11.4 Å². The van der Waals surface area contributed by atoms with E-state index in [1.54, 1.807) is 17.4 Å². The molecule has 6 nitrogen and oxygen atoms in total. The lowest BCUT2D eigenvalue weighted by Crippen LogP contribution is -2.39. The second-order valence-corrected chi connectivity index (χ2v) is 5.84. The Morgan fingerprint density at radius 1 is 1.23 bits per heavy atom. The molecule has 0 aliphatic carbocycles. The minimum Gasteiger partial charge on any atom is -0.458 e. The molecule has 0 unspecified atom stereocenters. The molecular formula is C15H14N2O4S. The topological polar surface area (TPSA) is 79.6 Å². The first-order valence-corrected chi connectivity index (χ1v) is 7.74. The van der Waals surface area contributed by atoms with E-state index in [-0.39, 0.29) is 43.7 Å². The predicted octanol–water partition coefficient (Wildman–Crippen LogP) is 1.77. The van der Waals surface area contributed by atoms with Crippen molar-refractivity contribution in [3.05, 3.63) is 35.4 Å². The first-order chi connectivity index (χ1) is 10.6. The Hall–Kier alpha value is -2.41. The third-order valence-corrected chi connectivity index (χ3v) is 4.23. The summed E-state index contributed by atoms with van der Waals surface area (Å²) in [4.78, 5) is 36.7. The number of thiophene rings is 1. The number of amides is 3. The number of rotatable bonds is 5. The van der Waals surface area contributed by atoms with Gasteiger partial charge in [0, 0.05) is 12.8 Å². The van der Waals surface area contributed by atoms with Crippen LogP contribution < -0.4 is 5.32 Å². The molecule has 22 heavy (non-hydrogen) atoms. The lowest BCUT2D eigenvalue weighted by Gasteiger charge is -2.12. The molecule has 1 aliphatic heterocycles. The molecule has 1 aliphatic rings. The summed E-state index contributed by atoms with van der Waals surface area (Å²) in [5, 5.41) is 4.61. The van der Waals surface area contributed by atoms with Crippen LogP contribution in [-0.4, -0.2) is 29.2 Å². The van der Waals surface area contributed by atoms with Crippen molar-refractivity contribution in [1.29, 1.82) is 0 Å². The molecule has 1 saturated heterocycles. The van der Waals surface area contributed by atoms with Crippen LogP contribution in [-0.2, 0) is 20.9 Å². The summed E-state index contributed by atoms with van der Waals surface area (Å²) in [5.74, 6) is 0.411. The van der Waals surface area contributed by atoms with Gasteiger partial charge < -0.3 is 9.73 Å². The van der Waals surface area contributed by atoms with Gasteiger partial charge in [0.1, 0.15) is 18.1 Å². The molecule has 3 amide bonds. The molecule has 1 fully saturated rings. The highest BCUT2D eigenvalue weighted by molar-refractivity contribution is 7.13.